The number of hydrogen-bond donors (Lipinski definition) is 2. The van der Waals surface area contributed by atoms with Crippen molar-refractivity contribution in [2.24, 2.45) is 0 Å². The van der Waals surface area contributed by atoms with Gasteiger partial charge in [-0.1, -0.05) is 18.2 Å². The molecule has 130 valence electrons. The summed E-state index contributed by atoms with van der Waals surface area (Å²) in [7, 11) is -3.09. The first-order valence-corrected chi connectivity index (χ1v) is 9.78. The summed E-state index contributed by atoms with van der Waals surface area (Å²) in [5.74, 6) is 0.829. The van der Waals surface area contributed by atoms with Crippen LogP contribution in [0.1, 0.15) is 37.6 Å². The minimum Gasteiger partial charge on any atom is -0.459 e. The van der Waals surface area contributed by atoms with Crippen LogP contribution in [0.4, 0.5) is 4.79 Å². The molecule has 1 aliphatic heterocycles. The molecule has 2 unspecified atom stereocenters. The molecule has 2 heterocycles. The lowest BCUT2D eigenvalue weighted by molar-refractivity contribution is 0.232. The number of amides is 2. The van der Waals surface area contributed by atoms with Crippen LogP contribution in [-0.4, -0.2) is 31.5 Å². The number of urea groups is 1. The van der Waals surface area contributed by atoms with E-state index in [1.54, 1.807) is 6.92 Å². The van der Waals surface area contributed by atoms with Crippen LogP contribution < -0.4 is 10.6 Å². The summed E-state index contributed by atoms with van der Waals surface area (Å²) >= 11 is 0. The van der Waals surface area contributed by atoms with Crippen molar-refractivity contribution in [1.82, 2.24) is 10.6 Å². The average Bonchev–Trinajstić information content (AvgIpc) is 3.00. The van der Waals surface area contributed by atoms with Crippen LogP contribution in [0.3, 0.4) is 0 Å². The van der Waals surface area contributed by atoms with E-state index < -0.39 is 15.1 Å². The normalized spacial score (nSPS) is 24.0. The molecule has 1 aliphatic rings. The molecule has 2 aromatic rings. The van der Waals surface area contributed by atoms with Gasteiger partial charge >= 0.3 is 6.03 Å². The zero-order valence-corrected chi connectivity index (χ0v) is 14.8. The van der Waals surface area contributed by atoms with Gasteiger partial charge in [0.05, 0.1) is 17.0 Å². The Morgan fingerprint density at radius 2 is 2.04 bits per heavy atom. The first-order valence-electron chi connectivity index (χ1n) is 8.06. The Balaban J connectivity index is 1.69. The summed E-state index contributed by atoms with van der Waals surface area (Å²) in [6.07, 6.45) is 0.453. The predicted molar refractivity (Wildman–Crippen MR) is 92.7 cm³/mol. The van der Waals surface area contributed by atoms with Crippen molar-refractivity contribution in [3.05, 3.63) is 35.6 Å². The molecule has 0 bridgehead atoms. The van der Waals surface area contributed by atoms with E-state index in [9.17, 15) is 13.2 Å². The van der Waals surface area contributed by atoms with Gasteiger partial charge in [-0.3, -0.25) is 0 Å². The lowest BCUT2D eigenvalue weighted by Gasteiger charge is -2.19. The van der Waals surface area contributed by atoms with Crippen LogP contribution in [0.15, 0.2) is 28.7 Å². The molecule has 0 aliphatic carbocycles. The number of para-hydroxylation sites is 1. The molecule has 0 spiro atoms. The molecule has 24 heavy (non-hydrogen) atoms. The molecule has 2 N–H and O–H groups in total. The van der Waals surface area contributed by atoms with Crippen LogP contribution in [0, 0.1) is 6.92 Å². The van der Waals surface area contributed by atoms with Crippen LogP contribution in [0.5, 0.6) is 0 Å². The first-order chi connectivity index (χ1) is 11.3. The quantitative estimate of drug-likeness (QED) is 0.891. The highest BCUT2D eigenvalue weighted by Crippen LogP contribution is 2.29. The smallest absolute Gasteiger partial charge is 0.315 e. The first kappa shape index (κ1) is 16.8. The number of fused-ring (bicyclic) bond motifs is 1. The van der Waals surface area contributed by atoms with Gasteiger partial charge in [0.25, 0.3) is 0 Å². The highest BCUT2D eigenvalue weighted by molar-refractivity contribution is 7.92. The summed E-state index contributed by atoms with van der Waals surface area (Å²) in [4.78, 5) is 12.2. The largest absolute Gasteiger partial charge is 0.459 e. The maximum atomic E-state index is 12.2. The molecule has 1 fully saturated rings. The van der Waals surface area contributed by atoms with Crippen LogP contribution in [-0.2, 0) is 9.84 Å². The van der Waals surface area contributed by atoms with Crippen molar-refractivity contribution in [2.75, 3.05) is 5.75 Å². The van der Waals surface area contributed by atoms with E-state index >= 15 is 0 Å². The van der Waals surface area contributed by atoms with E-state index in [1.165, 1.54) is 0 Å². The van der Waals surface area contributed by atoms with E-state index in [2.05, 4.69) is 10.6 Å². The summed E-state index contributed by atoms with van der Waals surface area (Å²) < 4.78 is 29.4. The van der Waals surface area contributed by atoms with Crippen LogP contribution in [0.2, 0.25) is 0 Å². The number of furan rings is 1. The lowest BCUT2D eigenvalue weighted by Crippen LogP contribution is -2.46. The van der Waals surface area contributed by atoms with Crippen LogP contribution >= 0.6 is 0 Å². The van der Waals surface area contributed by atoms with Crippen molar-refractivity contribution in [1.29, 1.82) is 0 Å². The van der Waals surface area contributed by atoms with Crippen molar-refractivity contribution in [3.63, 3.8) is 0 Å². The highest BCUT2D eigenvalue weighted by Gasteiger charge is 2.37. The lowest BCUT2D eigenvalue weighted by atomic mass is 10.1. The van der Waals surface area contributed by atoms with Gasteiger partial charge < -0.3 is 15.1 Å². The van der Waals surface area contributed by atoms with Gasteiger partial charge in [-0.25, -0.2) is 13.2 Å². The van der Waals surface area contributed by atoms with E-state index in [4.69, 9.17) is 4.42 Å². The fourth-order valence-electron chi connectivity index (χ4n) is 3.23. The predicted octanol–water partition coefficient (Wildman–Crippen LogP) is 2.68. The molecule has 6 nitrogen and oxygen atoms in total. The third-order valence-electron chi connectivity index (χ3n) is 4.78. The Morgan fingerprint density at radius 1 is 1.33 bits per heavy atom. The molecule has 7 heteroatoms. The molecule has 0 radical (unpaired) electrons. The van der Waals surface area contributed by atoms with Gasteiger partial charge in [-0.2, -0.15) is 0 Å². The second kappa shape index (κ2) is 6.12. The van der Waals surface area contributed by atoms with Gasteiger partial charge in [0.1, 0.15) is 11.3 Å². The number of aryl methyl sites for hydroxylation is 1. The van der Waals surface area contributed by atoms with E-state index in [0.29, 0.717) is 12.2 Å². The van der Waals surface area contributed by atoms with Gasteiger partial charge in [0, 0.05) is 17.0 Å². The minimum atomic E-state index is -3.09. The molecule has 1 aromatic heterocycles. The molecule has 2 amide bonds. The second-order valence-electron chi connectivity index (χ2n) is 6.39. The Kier molecular flexibility index (Phi) is 4.29. The zero-order chi connectivity index (χ0) is 17.5. The Bertz CT molecular complexity index is 872. The van der Waals surface area contributed by atoms with E-state index in [0.717, 1.165) is 16.5 Å². The number of carbonyl (C=O) groups is 1. The van der Waals surface area contributed by atoms with Gasteiger partial charge in [0.15, 0.2) is 9.84 Å². The number of benzene rings is 1. The highest BCUT2D eigenvalue weighted by atomic mass is 32.2. The van der Waals surface area contributed by atoms with Gasteiger partial charge in [-0.15, -0.1) is 0 Å². The number of nitrogens with one attached hydrogen (secondary N) is 2. The fraction of sp³-hybridized carbons (Fsp3) is 0.471. The minimum absolute atomic E-state index is 0.122. The third-order valence-corrected chi connectivity index (χ3v) is 7.05. The fourth-order valence-corrected chi connectivity index (χ4v) is 4.89. The SMILES string of the molecule is Cc1c([C@@H](C)NC(=O)NC2CCS(=O)(=O)C2C)oc2ccccc12. The number of rotatable bonds is 3. The summed E-state index contributed by atoms with van der Waals surface area (Å²) in [5, 5.41) is 6.08. The van der Waals surface area contributed by atoms with Gasteiger partial charge in [0.2, 0.25) is 0 Å². The standard InChI is InChI=1S/C17H22N2O4S/c1-10-13-6-4-5-7-15(13)23-16(10)11(2)18-17(20)19-14-8-9-24(21,22)12(14)3/h4-7,11-12,14H,8-9H2,1-3H3,(H2,18,19,20)/t11-,12?,14?/m1/s1. The van der Waals surface area contributed by atoms with Gasteiger partial charge in [-0.05, 0) is 33.3 Å². The molecule has 0 saturated carbocycles. The second-order valence-corrected chi connectivity index (χ2v) is 8.87. The Labute approximate surface area is 141 Å². The monoisotopic (exact) mass is 350 g/mol. The van der Waals surface area contributed by atoms with Crippen molar-refractivity contribution in [3.8, 4) is 0 Å². The number of carbonyl (C=O) groups excluding carboxylic acids is 1. The average molecular weight is 350 g/mol. The van der Waals surface area contributed by atoms with E-state index in [-0.39, 0.29) is 23.9 Å². The third kappa shape index (κ3) is 3.00. The van der Waals surface area contributed by atoms with Crippen LogP contribution in [0.25, 0.3) is 11.0 Å². The van der Waals surface area contributed by atoms with Crippen molar-refractivity contribution in [2.45, 2.75) is 44.5 Å². The van der Waals surface area contributed by atoms with Crippen molar-refractivity contribution >= 4 is 26.8 Å². The molecule has 1 aromatic carbocycles. The number of sulfone groups is 1. The van der Waals surface area contributed by atoms with Crippen molar-refractivity contribution < 1.29 is 17.6 Å². The molecule has 1 saturated heterocycles. The molecular formula is C17H22N2O4S. The molecule has 3 atom stereocenters. The summed E-state index contributed by atoms with van der Waals surface area (Å²) in [5.41, 5.74) is 1.78. The molecular weight excluding hydrogens is 328 g/mol. The zero-order valence-electron chi connectivity index (χ0n) is 14.0. The summed E-state index contributed by atoms with van der Waals surface area (Å²) in [6, 6.07) is 6.68. The van der Waals surface area contributed by atoms with E-state index in [1.807, 2.05) is 38.1 Å². The maximum absolute atomic E-state index is 12.2. The maximum Gasteiger partial charge on any atom is 0.315 e. The molecule has 3 rings (SSSR count). The Hall–Kier alpha value is -2.02. The number of hydrogen-bond acceptors (Lipinski definition) is 4. The Morgan fingerprint density at radius 3 is 2.67 bits per heavy atom. The summed E-state index contributed by atoms with van der Waals surface area (Å²) in [6.45, 7) is 5.45. The topological polar surface area (TPSA) is 88.4 Å².